The summed E-state index contributed by atoms with van der Waals surface area (Å²) in [7, 11) is 0. The number of hydrogen-bond donors (Lipinski definition) is 1. The van der Waals surface area contributed by atoms with Crippen molar-refractivity contribution < 1.29 is 14.3 Å². The van der Waals surface area contributed by atoms with E-state index in [1.54, 1.807) is 24.3 Å². The largest absolute Gasteiger partial charge is 0.494 e. The lowest BCUT2D eigenvalue weighted by molar-refractivity contribution is -0.793. The summed E-state index contributed by atoms with van der Waals surface area (Å²) in [6.45, 7) is 2.49. The van der Waals surface area contributed by atoms with Gasteiger partial charge in [-0.1, -0.05) is 0 Å². The molecule has 6 nitrogen and oxygen atoms in total. The van der Waals surface area contributed by atoms with Crippen LogP contribution in [0, 0.1) is 5.21 Å². The molecule has 1 aromatic carbocycles. The quantitative estimate of drug-likeness (QED) is 0.779. The summed E-state index contributed by atoms with van der Waals surface area (Å²) in [4.78, 5) is 0.283. The number of rotatable bonds is 3. The van der Waals surface area contributed by atoms with Gasteiger partial charge in [-0.2, -0.15) is 0 Å². The summed E-state index contributed by atoms with van der Waals surface area (Å²) >= 11 is 0. The Morgan fingerprint density at radius 3 is 2.62 bits per heavy atom. The fraction of sp³-hybridized carbons (Fsp3) is 0.200. The Bertz CT molecular complexity index is 459. The molecule has 0 radical (unpaired) electrons. The lowest BCUT2D eigenvalue weighted by Crippen LogP contribution is -2.25. The number of nitrogens with two attached hydrogens (primary N) is 1. The van der Waals surface area contributed by atoms with Crippen LogP contribution < -0.4 is 15.4 Å². The van der Waals surface area contributed by atoms with Crippen molar-refractivity contribution in [2.75, 3.05) is 12.3 Å². The number of aromatic nitrogens is 2. The highest BCUT2D eigenvalue weighted by Crippen LogP contribution is 2.23. The van der Waals surface area contributed by atoms with Crippen molar-refractivity contribution in [3.63, 3.8) is 0 Å². The summed E-state index contributed by atoms with van der Waals surface area (Å²) < 4.78 is 9.67. The van der Waals surface area contributed by atoms with Crippen LogP contribution >= 0.6 is 0 Å². The smallest absolute Gasteiger partial charge is 0.313 e. The van der Waals surface area contributed by atoms with Gasteiger partial charge >= 0.3 is 5.82 Å². The maximum atomic E-state index is 11.2. The Kier molecular flexibility index (Phi) is 2.63. The fourth-order valence-corrected chi connectivity index (χ4v) is 1.39. The zero-order chi connectivity index (χ0) is 11.5. The van der Waals surface area contributed by atoms with Crippen molar-refractivity contribution in [3.8, 4) is 17.0 Å². The molecule has 2 aromatic rings. The summed E-state index contributed by atoms with van der Waals surface area (Å²) in [6.07, 6.45) is 0. The Labute approximate surface area is 91.8 Å². The average Bonchev–Trinajstić information content (AvgIpc) is 2.61. The van der Waals surface area contributed by atoms with E-state index in [1.807, 2.05) is 6.92 Å². The van der Waals surface area contributed by atoms with Crippen molar-refractivity contribution in [1.29, 1.82) is 0 Å². The molecule has 0 aliphatic carbocycles. The lowest BCUT2D eigenvalue weighted by atomic mass is 10.1. The van der Waals surface area contributed by atoms with Gasteiger partial charge in [0.15, 0.2) is 0 Å². The molecule has 0 saturated heterocycles. The van der Waals surface area contributed by atoms with Gasteiger partial charge in [0.05, 0.1) is 11.8 Å². The Hall–Kier alpha value is -2.24. The summed E-state index contributed by atoms with van der Waals surface area (Å²) in [6, 6.07) is 6.96. The maximum Gasteiger partial charge on any atom is 0.313 e. The fourth-order valence-electron chi connectivity index (χ4n) is 1.39. The van der Waals surface area contributed by atoms with E-state index < -0.39 is 0 Å². The number of benzene rings is 1. The summed E-state index contributed by atoms with van der Waals surface area (Å²) in [5.41, 5.74) is 6.36. The van der Waals surface area contributed by atoms with E-state index in [0.717, 1.165) is 5.75 Å². The van der Waals surface area contributed by atoms with Crippen LogP contribution in [0.5, 0.6) is 5.75 Å². The van der Waals surface area contributed by atoms with E-state index in [0.29, 0.717) is 12.2 Å². The molecule has 0 amide bonds. The van der Waals surface area contributed by atoms with Crippen LogP contribution in [0.4, 0.5) is 5.82 Å². The van der Waals surface area contributed by atoms with Crippen LogP contribution in [0.15, 0.2) is 28.9 Å². The van der Waals surface area contributed by atoms with Gasteiger partial charge in [0, 0.05) is 5.56 Å². The van der Waals surface area contributed by atoms with Crippen molar-refractivity contribution in [3.05, 3.63) is 29.5 Å². The molecule has 1 aromatic heterocycles. The van der Waals surface area contributed by atoms with Crippen molar-refractivity contribution in [2.45, 2.75) is 6.92 Å². The molecule has 0 unspecified atom stereocenters. The minimum absolute atomic E-state index is 0.0687. The maximum absolute atomic E-state index is 11.2. The Balaban J connectivity index is 2.35. The number of nitrogens with zero attached hydrogens (tertiary/aromatic N) is 2. The van der Waals surface area contributed by atoms with E-state index in [9.17, 15) is 5.21 Å². The highest BCUT2D eigenvalue weighted by atomic mass is 16.8. The van der Waals surface area contributed by atoms with Crippen LogP contribution in [0.1, 0.15) is 6.92 Å². The second-order valence-corrected chi connectivity index (χ2v) is 3.12. The normalized spacial score (nSPS) is 10.3. The minimum atomic E-state index is 0.0687. The van der Waals surface area contributed by atoms with Crippen molar-refractivity contribution in [1.82, 2.24) is 5.16 Å². The highest BCUT2D eigenvalue weighted by molar-refractivity contribution is 5.66. The van der Waals surface area contributed by atoms with Gasteiger partial charge < -0.3 is 15.7 Å². The second kappa shape index (κ2) is 4.09. The zero-order valence-corrected chi connectivity index (χ0v) is 8.71. The van der Waals surface area contributed by atoms with E-state index in [-0.39, 0.29) is 16.4 Å². The van der Waals surface area contributed by atoms with Gasteiger partial charge in [-0.25, -0.2) is 0 Å². The third-order valence-electron chi connectivity index (χ3n) is 2.08. The second-order valence-electron chi connectivity index (χ2n) is 3.12. The molecular formula is C10H11N3O3. The van der Waals surface area contributed by atoms with Crippen molar-refractivity contribution >= 4 is 5.82 Å². The molecule has 2 N–H and O–H groups in total. The first-order valence-corrected chi connectivity index (χ1v) is 4.80. The number of anilines is 1. The zero-order valence-electron chi connectivity index (χ0n) is 8.71. The van der Waals surface area contributed by atoms with E-state index >= 15 is 0 Å². The Morgan fingerprint density at radius 1 is 1.44 bits per heavy atom. The van der Waals surface area contributed by atoms with Gasteiger partial charge in [-0.05, 0) is 36.1 Å². The van der Waals surface area contributed by atoms with Gasteiger partial charge in [-0.15, -0.1) is 0 Å². The highest BCUT2D eigenvalue weighted by Gasteiger charge is 2.17. The van der Waals surface area contributed by atoms with Crippen LogP contribution in [-0.4, -0.2) is 11.8 Å². The van der Waals surface area contributed by atoms with Gasteiger partial charge in [0.25, 0.3) is 0 Å². The molecule has 2 rings (SSSR count). The SMILES string of the molecule is CCOc1ccc(-c2c(N)no[n+]2[O-])cc1. The van der Waals surface area contributed by atoms with Crippen LogP contribution in [-0.2, 0) is 0 Å². The molecule has 0 aliphatic rings. The molecule has 0 saturated carbocycles. The van der Waals surface area contributed by atoms with Gasteiger partial charge in [0.2, 0.25) is 5.69 Å². The molecule has 0 aliphatic heterocycles. The topological polar surface area (TPSA) is 88.2 Å². The third-order valence-corrected chi connectivity index (χ3v) is 2.08. The minimum Gasteiger partial charge on any atom is -0.494 e. The van der Waals surface area contributed by atoms with E-state index in [2.05, 4.69) is 9.79 Å². The third kappa shape index (κ3) is 1.77. The molecule has 0 bridgehead atoms. The standard InChI is InChI=1S/C10H11N3O3/c1-2-15-8-5-3-7(4-6-8)9-10(11)12-16-13(9)14/h3-6H,2H2,1H3,(H2,11,12). The first-order valence-electron chi connectivity index (χ1n) is 4.80. The van der Waals surface area contributed by atoms with Gasteiger partial charge in [-0.3, -0.25) is 4.63 Å². The molecule has 1 heterocycles. The summed E-state index contributed by atoms with van der Waals surface area (Å²) in [5, 5.41) is 14.6. The molecule has 16 heavy (non-hydrogen) atoms. The van der Waals surface area contributed by atoms with Gasteiger partial charge in [0.1, 0.15) is 5.75 Å². The van der Waals surface area contributed by atoms with Crippen molar-refractivity contribution in [2.24, 2.45) is 0 Å². The molecular weight excluding hydrogens is 210 g/mol. The predicted octanol–water partition coefficient (Wildman–Crippen LogP) is 0.956. The van der Waals surface area contributed by atoms with Crippen LogP contribution in [0.2, 0.25) is 0 Å². The first kappa shape index (κ1) is 10.3. The number of hydrogen-bond acceptors (Lipinski definition) is 5. The Morgan fingerprint density at radius 2 is 2.12 bits per heavy atom. The first-order chi connectivity index (χ1) is 7.72. The van der Waals surface area contributed by atoms with Crippen LogP contribution in [0.3, 0.4) is 0 Å². The summed E-state index contributed by atoms with van der Waals surface area (Å²) in [5.74, 6) is 0.804. The number of nitrogen functional groups attached to an aromatic ring is 1. The van der Waals surface area contributed by atoms with E-state index in [4.69, 9.17) is 10.5 Å². The molecule has 84 valence electrons. The predicted molar refractivity (Wildman–Crippen MR) is 56.5 cm³/mol. The average molecular weight is 221 g/mol. The monoisotopic (exact) mass is 221 g/mol. The molecule has 6 heteroatoms. The lowest BCUT2D eigenvalue weighted by Gasteiger charge is -2.02. The molecule has 0 fully saturated rings. The van der Waals surface area contributed by atoms with Crippen LogP contribution in [0.25, 0.3) is 11.3 Å². The van der Waals surface area contributed by atoms with E-state index in [1.165, 1.54) is 0 Å². The molecule has 0 spiro atoms. The molecule has 0 atom stereocenters. The number of ether oxygens (including phenoxy) is 1.